The minimum Gasteiger partial charge on any atom is -0.370 e. The molecule has 1 aliphatic rings. The molecule has 1 saturated heterocycles. The van der Waals surface area contributed by atoms with Crippen LogP contribution in [0.15, 0.2) is 12.1 Å². The average molecular weight is 272 g/mol. The van der Waals surface area contributed by atoms with Crippen LogP contribution in [-0.4, -0.2) is 26.2 Å². The molecule has 106 valence electrons. The Balaban J connectivity index is 2.39. The summed E-state index contributed by atoms with van der Waals surface area (Å²) in [6.07, 6.45) is -3.32. The van der Waals surface area contributed by atoms with Crippen molar-refractivity contribution in [2.24, 2.45) is 0 Å². The first-order valence-corrected chi connectivity index (χ1v) is 6.43. The fourth-order valence-electron chi connectivity index (χ4n) is 2.68. The lowest BCUT2D eigenvalue weighted by atomic mass is 10.0. The molecule has 0 unspecified atom stereocenters. The molecule has 1 aliphatic heterocycles. The second-order valence-electron chi connectivity index (χ2n) is 5.17. The molecule has 0 bridgehead atoms. The Hall–Kier alpha value is -1.23. The van der Waals surface area contributed by atoms with Crippen molar-refractivity contribution in [3.63, 3.8) is 0 Å². The molecule has 0 amide bonds. The average Bonchev–Trinajstić information content (AvgIpc) is 2.78. The minimum atomic E-state index is -4.28. The molecule has 1 fully saturated rings. The van der Waals surface area contributed by atoms with E-state index in [0.29, 0.717) is 22.9 Å². The Morgan fingerprint density at radius 2 is 1.95 bits per heavy atom. The lowest BCUT2D eigenvalue weighted by Crippen LogP contribution is -2.30. The van der Waals surface area contributed by atoms with Crippen molar-refractivity contribution in [1.82, 2.24) is 5.32 Å². The molecule has 1 N–H and O–H groups in total. The summed E-state index contributed by atoms with van der Waals surface area (Å²) in [5.41, 5.74) is 1.18. The van der Waals surface area contributed by atoms with E-state index in [9.17, 15) is 13.2 Å². The van der Waals surface area contributed by atoms with Gasteiger partial charge in [-0.2, -0.15) is 13.2 Å². The number of nitrogens with one attached hydrogen (secondary N) is 1. The standard InChI is InChI=1S/C14H19F3N2/c1-9-6-12(14(15,16)17)10(2)13(7-9)19-5-4-11(8-19)18-3/h6-7,11,18H,4-5,8H2,1-3H3/t11-/m0/s1. The van der Waals surface area contributed by atoms with Crippen LogP contribution in [0.3, 0.4) is 0 Å². The number of aryl methyl sites for hydroxylation is 1. The number of nitrogens with zero attached hydrogens (tertiary/aromatic N) is 1. The van der Waals surface area contributed by atoms with Gasteiger partial charge in [-0.15, -0.1) is 0 Å². The highest BCUT2D eigenvalue weighted by atomic mass is 19.4. The number of benzene rings is 1. The Kier molecular flexibility index (Phi) is 3.76. The van der Waals surface area contributed by atoms with E-state index in [-0.39, 0.29) is 0 Å². The normalized spacial score (nSPS) is 20.1. The van der Waals surface area contributed by atoms with Gasteiger partial charge < -0.3 is 10.2 Å². The van der Waals surface area contributed by atoms with E-state index < -0.39 is 11.7 Å². The van der Waals surface area contributed by atoms with Crippen LogP contribution in [-0.2, 0) is 6.18 Å². The highest BCUT2D eigenvalue weighted by Gasteiger charge is 2.34. The van der Waals surface area contributed by atoms with Crippen molar-refractivity contribution in [1.29, 1.82) is 0 Å². The van der Waals surface area contributed by atoms with E-state index in [4.69, 9.17) is 0 Å². The first-order valence-electron chi connectivity index (χ1n) is 6.43. The van der Waals surface area contributed by atoms with E-state index >= 15 is 0 Å². The van der Waals surface area contributed by atoms with Gasteiger partial charge in [0.1, 0.15) is 0 Å². The lowest BCUT2D eigenvalue weighted by molar-refractivity contribution is -0.138. The topological polar surface area (TPSA) is 15.3 Å². The first-order chi connectivity index (χ1) is 8.82. The third-order valence-electron chi connectivity index (χ3n) is 3.77. The fraction of sp³-hybridized carbons (Fsp3) is 0.571. The molecule has 1 aromatic rings. The summed E-state index contributed by atoms with van der Waals surface area (Å²) in [4.78, 5) is 2.04. The molecule has 2 rings (SSSR count). The largest absolute Gasteiger partial charge is 0.416 e. The van der Waals surface area contributed by atoms with Gasteiger partial charge in [0.05, 0.1) is 5.56 Å². The molecule has 0 spiro atoms. The molecule has 2 nitrogen and oxygen atoms in total. The van der Waals surface area contributed by atoms with E-state index in [1.54, 1.807) is 13.8 Å². The van der Waals surface area contributed by atoms with Gasteiger partial charge in [0.25, 0.3) is 0 Å². The number of alkyl halides is 3. The van der Waals surface area contributed by atoms with Crippen LogP contribution in [0, 0.1) is 13.8 Å². The van der Waals surface area contributed by atoms with Gasteiger partial charge >= 0.3 is 6.18 Å². The molecule has 1 aromatic carbocycles. The molecule has 0 aromatic heterocycles. The zero-order valence-electron chi connectivity index (χ0n) is 11.4. The third-order valence-corrected chi connectivity index (χ3v) is 3.77. The van der Waals surface area contributed by atoms with Crippen molar-refractivity contribution in [3.05, 3.63) is 28.8 Å². The maximum Gasteiger partial charge on any atom is 0.416 e. The van der Waals surface area contributed by atoms with Crippen molar-refractivity contribution < 1.29 is 13.2 Å². The zero-order valence-corrected chi connectivity index (χ0v) is 11.4. The van der Waals surface area contributed by atoms with Crippen LogP contribution in [0.5, 0.6) is 0 Å². The van der Waals surface area contributed by atoms with E-state index in [2.05, 4.69) is 5.32 Å². The first kappa shape index (κ1) is 14.2. The smallest absolute Gasteiger partial charge is 0.370 e. The maximum absolute atomic E-state index is 13.0. The zero-order chi connectivity index (χ0) is 14.2. The fourth-order valence-corrected chi connectivity index (χ4v) is 2.68. The highest BCUT2D eigenvalue weighted by Crippen LogP contribution is 2.37. The van der Waals surface area contributed by atoms with Gasteiger partial charge in [0.15, 0.2) is 0 Å². The van der Waals surface area contributed by atoms with Gasteiger partial charge in [-0.1, -0.05) is 0 Å². The Bertz CT molecular complexity index is 468. The van der Waals surface area contributed by atoms with Gasteiger partial charge in [-0.25, -0.2) is 0 Å². The number of rotatable bonds is 2. The Labute approximate surface area is 111 Å². The predicted octanol–water partition coefficient (Wildman–Crippen LogP) is 3.12. The number of hydrogen-bond donors (Lipinski definition) is 1. The lowest BCUT2D eigenvalue weighted by Gasteiger charge is -2.24. The second kappa shape index (κ2) is 5.04. The van der Waals surface area contributed by atoms with E-state index in [0.717, 1.165) is 19.5 Å². The van der Waals surface area contributed by atoms with Gasteiger partial charge in [0, 0.05) is 24.8 Å². The van der Waals surface area contributed by atoms with Crippen LogP contribution in [0.25, 0.3) is 0 Å². The van der Waals surface area contributed by atoms with Crippen LogP contribution in [0.1, 0.15) is 23.1 Å². The van der Waals surface area contributed by atoms with Crippen molar-refractivity contribution in [2.45, 2.75) is 32.5 Å². The summed E-state index contributed by atoms with van der Waals surface area (Å²) < 4.78 is 39.0. The monoisotopic (exact) mass is 272 g/mol. The summed E-state index contributed by atoms with van der Waals surface area (Å²) in [6, 6.07) is 3.43. The number of anilines is 1. The van der Waals surface area contributed by atoms with Crippen molar-refractivity contribution >= 4 is 5.69 Å². The minimum absolute atomic E-state index is 0.329. The molecule has 0 saturated carbocycles. The van der Waals surface area contributed by atoms with E-state index in [1.807, 2.05) is 18.0 Å². The number of halogens is 3. The molecule has 1 atom stereocenters. The van der Waals surface area contributed by atoms with Crippen LogP contribution >= 0.6 is 0 Å². The van der Waals surface area contributed by atoms with Gasteiger partial charge in [0.2, 0.25) is 0 Å². The molecule has 0 aliphatic carbocycles. The van der Waals surface area contributed by atoms with Gasteiger partial charge in [-0.05, 0) is 50.6 Å². The van der Waals surface area contributed by atoms with Gasteiger partial charge in [-0.3, -0.25) is 0 Å². The van der Waals surface area contributed by atoms with Crippen LogP contribution in [0.4, 0.5) is 18.9 Å². The van der Waals surface area contributed by atoms with E-state index in [1.165, 1.54) is 6.07 Å². The second-order valence-corrected chi connectivity index (χ2v) is 5.17. The van der Waals surface area contributed by atoms with Crippen LogP contribution < -0.4 is 10.2 Å². The molecule has 19 heavy (non-hydrogen) atoms. The van der Waals surface area contributed by atoms with Crippen LogP contribution in [0.2, 0.25) is 0 Å². The molecule has 0 radical (unpaired) electrons. The quantitative estimate of drug-likeness (QED) is 0.890. The predicted molar refractivity (Wildman–Crippen MR) is 70.6 cm³/mol. The summed E-state index contributed by atoms with van der Waals surface area (Å²) in [7, 11) is 1.89. The summed E-state index contributed by atoms with van der Waals surface area (Å²) in [5.74, 6) is 0. The van der Waals surface area contributed by atoms with Crippen molar-refractivity contribution in [3.8, 4) is 0 Å². The number of likely N-dealkylation sites (N-methyl/N-ethyl adjacent to an activating group) is 1. The Morgan fingerprint density at radius 3 is 2.47 bits per heavy atom. The summed E-state index contributed by atoms with van der Waals surface area (Å²) >= 11 is 0. The molecular weight excluding hydrogens is 253 g/mol. The summed E-state index contributed by atoms with van der Waals surface area (Å²) in [6.45, 7) is 4.83. The highest BCUT2D eigenvalue weighted by molar-refractivity contribution is 5.59. The molecule has 1 heterocycles. The maximum atomic E-state index is 13.0. The van der Waals surface area contributed by atoms with Crippen molar-refractivity contribution in [2.75, 3.05) is 25.0 Å². The summed E-state index contributed by atoms with van der Waals surface area (Å²) in [5, 5.41) is 3.18. The third kappa shape index (κ3) is 2.86. The SMILES string of the molecule is CN[C@H]1CCN(c2cc(C)cc(C(F)(F)F)c2C)C1. The molecule has 5 heteroatoms. The molecular formula is C14H19F3N2. The Morgan fingerprint density at radius 1 is 1.26 bits per heavy atom. The number of hydrogen-bond acceptors (Lipinski definition) is 2.